The first kappa shape index (κ1) is 13.5. The maximum Gasteiger partial charge on any atom is 0.123 e. The second kappa shape index (κ2) is 5.35. The van der Waals surface area contributed by atoms with Crippen LogP contribution in [0.25, 0.3) is 0 Å². The van der Waals surface area contributed by atoms with Gasteiger partial charge in [0, 0.05) is 5.69 Å². The molecule has 0 unspecified atom stereocenters. The Bertz CT molecular complexity index is 602. The van der Waals surface area contributed by atoms with Crippen LogP contribution < -0.4 is 10.5 Å². The lowest BCUT2D eigenvalue weighted by Gasteiger charge is -2.12. The van der Waals surface area contributed by atoms with Crippen molar-refractivity contribution in [1.29, 1.82) is 0 Å². The summed E-state index contributed by atoms with van der Waals surface area (Å²) in [6.45, 7) is 8.85. The Kier molecular flexibility index (Phi) is 3.79. The van der Waals surface area contributed by atoms with Crippen LogP contribution in [-0.2, 0) is 6.61 Å². The van der Waals surface area contributed by atoms with Gasteiger partial charge in [-0.25, -0.2) is 0 Å². The Morgan fingerprint density at radius 2 is 1.58 bits per heavy atom. The molecule has 0 aromatic heterocycles. The van der Waals surface area contributed by atoms with Gasteiger partial charge in [0.25, 0.3) is 0 Å². The summed E-state index contributed by atoms with van der Waals surface area (Å²) in [6.07, 6.45) is 0. The summed E-state index contributed by atoms with van der Waals surface area (Å²) in [5.74, 6) is 0.907. The fourth-order valence-corrected chi connectivity index (χ4v) is 2.02. The Hall–Kier alpha value is -1.96. The standard InChI is InChI=1S/C17H21NO/c1-11-5-6-15(7-12(11)2)10-19-17-9-13(3)16(18)8-14(17)4/h5-9H,10,18H2,1-4H3. The van der Waals surface area contributed by atoms with E-state index in [9.17, 15) is 0 Å². The fourth-order valence-electron chi connectivity index (χ4n) is 2.02. The van der Waals surface area contributed by atoms with Gasteiger partial charge in [0.05, 0.1) is 0 Å². The first-order chi connectivity index (χ1) is 8.97. The van der Waals surface area contributed by atoms with Crippen LogP contribution in [0.4, 0.5) is 5.69 Å². The third-order valence-electron chi connectivity index (χ3n) is 3.53. The summed E-state index contributed by atoms with van der Waals surface area (Å²) in [6, 6.07) is 10.4. The molecule has 2 aromatic rings. The maximum absolute atomic E-state index is 5.90. The molecule has 0 aliphatic heterocycles. The fraction of sp³-hybridized carbons (Fsp3) is 0.294. The first-order valence-electron chi connectivity index (χ1n) is 6.53. The van der Waals surface area contributed by atoms with E-state index in [-0.39, 0.29) is 0 Å². The van der Waals surface area contributed by atoms with Crippen molar-refractivity contribution in [2.45, 2.75) is 34.3 Å². The SMILES string of the molecule is Cc1ccc(COc2cc(C)c(N)cc2C)cc1C. The molecule has 0 aliphatic carbocycles. The topological polar surface area (TPSA) is 35.2 Å². The van der Waals surface area contributed by atoms with E-state index in [4.69, 9.17) is 10.5 Å². The molecule has 2 nitrogen and oxygen atoms in total. The van der Waals surface area contributed by atoms with E-state index in [1.165, 1.54) is 16.7 Å². The van der Waals surface area contributed by atoms with Crippen molar-refractivity contribution in [1.82, 2.24) is 0 Å². The smallest absolute Gasteiger partial charge is 0.123 e. The van der Waals surface area contributed by atoms with E-state index in [1.807, 2.05) is 26.0 Å². The molecule has 2 heteroatoms. The van der Waals surface area contributed by atoms with Gasteiger partial charge in [-0.1, -0.05) is 18.2 Å². The lowest BCUT2D eigenvalue weighted by molar-refractivity contribution is 0.304. The second-order valence-corrected chi connectivity index (χ2v) is 5.18. The molecule has 0 fully saturated rings. The van der Waals surface area contributed by atoms with Gasteiger partial charge in [0.1, 0.15) is 12.4 Å². The van der Waals surface area contributed by atoms with Crippen molar-refractivity contribution in [2.75, 3.05) is 5.73 Å². The molecule has 0 radical (unpaired) electrons. The maximum atomic E-state index is 5.90. The normalized spacial score (nSPS) is 10.5. The highest BCUT2D eigenvalue weighted by Gasteiger charge is 2.04. The zero-order valence-corrected chi connectivity index (χ0v) is 12.1. The quantitative estimate of drug-likeness (QED) is 0.839. The van der Waals surface area contributed by atoms with E-state index in [1.54, 1.807) is 0 Å². The molecule has 100 valence electrons. The van der Waals surface area contributed by atoms with Gasteiger partial charge < -0.3 is 10.5 Å². The van der Waals surface area contributed by atoms with Crippen LogP contribution in [0.5, 0.6) is 5.75 Å². The van der Waals surface area contributed by atoms with E-state index in [0.29, 0.717) is 6.61 Å². The Labute approximate surface area is 115 Å². The molecule has 19 heavy (non-hydrogen) atoms. The minimum atomic E-state index is 0.589. The van der Waals surface area contributed by atoms with Gasteiger partial charge in [-0.05, 0) is 67.6 Å². The zero-order valence-electron chi connectivity index (χ0n) is 12.1. The molecule has 2 aromatic carbocycles. The van der Waals surface area contributed by atoms with Crippen LogP contribution in [0.1, 0.15) is 27.8 Å². The Balaban J connectivity index is 2.14. The predicted octanol–water partition coefficient (Wildman–Crippen LogP) is 4.08. The largest absolute Gasteiger partial charge is 0.489 e. The summed E-state index contributed by atoms with van der Waals surface area (Å²) in [7, 11) is 0. The first-order valence-corrected chi connectivity index (χ1v) is 6.53. The van der Waals surface area contributed by atoms with Crippen LogP contribution in [0.2, 0.25) is 0 Å². The van der Waals surface area contributed by atoms with E-state index in [2.05, 4.69) is 32.0 Å². The average molecular weight is 255 g/mol. The molecule has 2 rings (SSSR count). The number of nitrogen functional groups attached to an aromatic ring is 1. The number of hydrogen-bond acceptors (Lipinski definition) is 2. The zero-order chi connectivity index (χ0) is 14.0. The summed E-state index contributed by atoms with van der Waals surface area (Å²) in [4.78, 5) is 0. The van der Waals surface area contributed by atoms with Gasteiger partial charge in [0.2, 0.25) is 0 Å². The van der Waals surface area contributed by atoms with Gasteiger partial charge in [-0.3, -0.25) is 0 Å². The molecule has 0 amide bonds. The predicted molar refractivity (Wildman–Crippen MR) is 80.6 cm³/mol. The van der Waals surface area contributed by atoms with Crippen LogP contribution in [0.15, 0.2) is 30.3 Å². The van der Waals surface area contributed by atoms with Crippen molar-refractivity contribution < 1.29 is 4.74 Å². The highest BCUT2D eigenvalue weighted by Crippen LogP contribution is 2.25. The third kappa shape index (κ3) is 3.08. The Morgan fingerprint density at radius 1 is 0.842 bits per heavy atom. The van der Waals surface area contributed by atoms with E-state index in [0.717, 1.165) is 22.6 Å². The summed E-state index contributed by atoms with van der Waals surface area (Å²) < 4.78 is 5.90. The van der Waals surface area contributed by atoms with Crippen LogP contribution in [0, 0.1) is 27.7 Å². The lowest BCUT2D eigenvalue weighted by Crippen LogP contribution is -2.00. The monoisotopic (exact) mass is 255 g/mol. The molecule has 0 atom stereocenters. The van der Waals surface area contributed by atoms with Crippen molar-refractivity contribution in [3.8, 4) is 5.75 Å². The van der Waals surface area contributed by atoms with Gasteiger partial charge in [-0.2, -0.15) is 0 Å². The van der Waals surface area contributed by atoms with Gasteiger partial charge >= 0.3 is 0 Å². The number of ether oxygens (including phenoxy) is 1. The molecule has 0 bridgehead atoms. The Morgan fingerprint density at radius 3 is 2.26 bits per heavy atom. The highest BCUT2D eigenvalue weighted by molar-refractivity contribution is 5.53. The highest BCUT2D eigenvalue weighted by atomic mass is 16.5. The molecule has 0 spiro atoms. The number of nitrogens with two attached hydrogens (primary N) is 1. The van der Waals surface area contributed by atoms with Gasteiger partial charge in [0.15, 0.2) is 0 Å². The van der Waals surface area contributed by atoms with E-state index < -0.39 is 0 Å². The van der Waals surface area contributed by atoms with Crippen molar-refractivity contribution in [3.05, 3.63) is 58.1 Å². The number of anilines is 1. The van der Waals surface area contributed by atoms with Crippen molar-refractivity contribution in [3.63, 3.8) is 0 Å². The summed E-state index contributed by atoms with van der Waals surface area (Å²) >= 11 is 0. The molecule has 0 saturated carbocycles. The molecule has 0 saturated heterocycles. The molecule has 0 aliphatic rings. The summed E-state index contributed by atoms with van der Waals surface area (Å²) in [5.41, 5.74) is 12.6. The minimum Gasteiger partial charge on any atom is -0.489 e. The van der Waals surface area contributed by atoms with Crippen molar-refractivity contribution >= 4 is 5.69 Å². The van der Waals surface area contributed by atoms with Crippen LogP contribution in [-0.4, -0.2) is 0 Å². The van der Waals surface area contributed by atoms with Crippen LogP contribution >= 0.6 is 0 Å². The molecular formula is C17H21NO. The van der Waals surface area contributed by atoms with Crippen molar-refractivity contribution in [2.24, 2.45) is 0 Å². The molecular weight excluding hydrogens is 234 g/mol. The third-order valence-corrected chi connectivity index (χ3v) is 3.53. The number of aryl methyl sites for hydroxylation is 4. The average Bonchev–Trinajstić information content (AvgIpc) is 2.36. The number of hydrogen-bond donors (Lipinski definition) is 1. The molecule has 2 N–H and O–H groups in total. The summed E-state index contributed by atoms with van der Waals surface area (Å²) in [5, 5.41) is 0. The van der Waals surface area contributed by atoms with Crippen LogP contribution in [0.3, 0.4) is 0 Å². The number of rotatable bonds is 3. The number of benzene rings is 2. The minimum absolute atomic E-state index is 0.589. The lowest BCUT2D eigenvalue weighted by atomic mass is 10.1. The molecule has 0 heterocycles. The van der Waals surface area contributed by atoms with Gasteiger partial charge in [-0.15, -0.1) is 0 Å². The second-order valence-electron chi connectivity index (χ2n) is 5.18. The van der Waals surface area contributed by atoms with E-state index >= 15 is 0 Å².